The molecule has 4 heteroatoms. The molecule has 2 aromatic rings. The minimum Gasteiger partial charge on any atom is -0.370 e. The summed E-state index contributed by atoms with van der Waals surface area (Å²) in [4.78, 5) is 8.38. The van der Waals surface area contributed by atoms with Gasteiger partial charge in [0.1, 0.15) is 18.0 Å². The van der Waals surface area contributed by atoms with Crippen molar-refractivity contribution in [3.63, 3.8) is 0 Å². The maximum absolute atomic E-state index is 13.2. The number of rotatable bonds is 3. The number of hydrogen-bond donors (Lipinski definition) is 1. The van der Waals surface area contributed by atoms with Gasteiger partial charge in [0.15, 0.2) is 0 Å². The Kier molecular flexibility index (Phi) is 3.32. The molecule has 1 aromatic carbocycles. The molecule has 0 aliphatic heterocycles. The molecule has 17 heavy (non-hydrogen) atoms. The molecule has 0 unspecified atom stereocenters. The molecule has 0 radical (unpaired) electrons. The lowest BCUT2D eigenvalue weighted by atomic mass is 10.1. The van der Waals surface area contributed by atoms with Gasteiger partial charge in [0, 0.05) is 17.7 Å². The van der Waals surface area contributed by atoms with E-state index in [2.05, 4.69) is 15.3 Å². The fraction of sp³-hybridized carbons (Fsp3) is 0.231. The maximum Gasteiger partial charge on any atom is 0.132 e. The van der Waals surface area contributed by atoms with E-state index in [0.717, 1.165) is 29.2 Å². The molecule has 0 amide bonds. The van der Waals surface area contributed by atoms with Gasteiger partial charge in [0.05, 0.1) is 5.69 Å². The molecule has 3 nitrogen and oxygen atoms in total. The molecule has 0 atom stereocenters. The lowest BCUT2D eigenvalue weighted by Gasteiger charge is -2.10. The smallest absolute Gasteiger partial charge is 0.132 e. The highest BCUT2D eigenvalue weighted by atomic mass is 19.1. The minimum atomic E-state index is -0.259. The van der Waals surface area contributed by atoms with Gasteiger partial charge >= 0.3 is 0 Å². The van der Waals surface area contributed by atoms with Gasteiger partial charge in [-0.3, -0.25) is 0 Å². The summed E-state index contributed by atoms with van der Waals surface area (Å²) in [6.07, 6.45) is 1.49. The number of benzene rings is 1. The Hall–Kier alpha value is -1.97. The SMILES string of the molecule is CCNc1ncnc(-c2cccc(F)c2)c1C. The van der Waals surface area contributed by atoms with Crippen molar-refractivity contribution in [1.29, 1.82) is 0 Å². The fourth-order valence-electron chi connectivity index (χ4n) is 1.72. The van der Waals surface area contributed by atoms with Crippen molar-refractivity contribution in [3.8, 4) is 11.3 Å². The molecule has 0 spiro atoms. The molecule has 1 heterocycles. The first-order valence-electron chi connectivity index (χ1n) is 5.53. The van der Waals surface area contributed by atoms with E-state index in [1.54, 1.807) is 6.07 Å². The van der Waals surface area contributed by atoms with Crippen molar-refractivity contribution in [2.24, 2.45) is 0 Å². The summed E-state index contributed by atoms with van der Waals surface area (Å²) in [7, 11) is 0. The number of nitrogens with one attached hydrogen (secondary N) is 1. The molecule has 0 saturated heterocycles. The average Bonchev–Trinajstić information content (AvgIpc) is 2.32. The van der Waals surface area contributed by atoms with Crippen LogP contribution in [0.3, 0.4) is 0 Å². The third-order valence-corrected chi connectivity index (χ3v) is 2.53. The van der Waals surface area contributed by atoms with Gasteiger partial charge in [-0.1, -0.05) is 12.1 Å². The summed E-state index contributed by atoms with van der Waals surface area (Å²) >= 11 is 0. The molecule has 0 saturated carbocycles. The predicted molar refractivity (Wildman–Crippen MR) is 66.3 cm³/mol. The Morgan fingerprint density at radius 3 is 2.82 bits per heavy atom. The quantitative estimate of drug-likeness (QED) is 0.882. The number of hydrogen-bond acceptors (Lipinski definition) is 3. The fourth-order valence-corrected chi connectivity index (χ4v) is 1.72. The van der Waals surface area contributed by atoms with Crippen LogP contribution in [0, 0.1) is 12.7 Å². The Balaban J connectivity index is 2.49. The lowest BCUT2D eigenvalue weighted by molar-refractivity contribution is 0.628. The summed E-state index contributed by atoms with van der Waals surface area (Å²) < 4.78 is 13.2. The lowest BCUT2D eigenvalue weighted by Crippen LogP contribution is -2.03. The van der Waals surface area contributed by atoms with Crippen molar-refractivity contribution in [3.05, 3.63) is 42.0 Å². The Labute approximate surface area is 99.7 Å². The maximum atomic E-state index is 13.2. The van der Waals surface area contributed by atoms with Crippen LogP contribution in [0.1, 0.15) is 12.5 Å². The number of aromatic nitrogens is 2. The molecular formula is C13H14FN3. The van der Waals surface area contributed by atoms with E-state index in [4.69, 9.17) is 0 Å². The second-order valence-corrected chi connectivity index (χ2v) is 3.74. The van der Waals surface area contributed by atoms with E-state index >= 15 is 0 Å². The summed E-state index contributed by atoms with van der Waals surface area (Å²) in [5, 5.41) is 3.16. The number of nitrogens with zero attached hydrogens (tertiary/aromatic N) is 2. The molecular weight excluding hydrogens is 217 g/mol. The van der Waals surface area contributed by atoms with E-state index in [1.807, 2.05) is 19.9 Å². The van der Waals surface area contributed by atoms with Crippen LogP contribution in [-0.4, -0.2) is 16.5 Å². The van der Waals surface area contributed by atoms with Gasteiger partial charge in [0.25, 0.3) is 0 Å². The van der Waals surface area contributed by atoms with Gasteiger partial charge < -0.3 is 5.32 Å². The predicted octanol–water partition coefficient (Wildman–Crippen LogP) is 3.02. The molecule has 88 valence electrons. The summed E-state index contributed by atoms with van der Waals surface area (Å²) in [5.74, 6) is 0.535. The third kappa shape index (κ3) is 2.41. The second-order valence-electron chi connectivity index (χ2n) is 3.74. The van der Waals surface area contributed by atoms with E-state index < -0.39 is 0 Å². The molecule has 2 rings (SSSR count). The van der Waals surface area contributed by atoms with E-state index in [1.165, 1.54) is 18.5 Å². The van der Waals surface area contributed by atoms with E-state index in [9.17, 15) is 4.39 Å². The van der Waals surface area contributed by atoms with Crippen molar-refractivity contribution in [2.45, 2.75) is 13.8 Å². The van der Waals surface area contributed by atoms with Crippen LogP contribution in [0.4, 0.5) is 10.2 Å². The summed E-state index contributed by atoms with van der Waals surface area (Å²) in [6.45, 7) is 4.72. The first-order valence-corrected chi connectivity index (χ1v) is 5.53. The highest BCUT2D eigenvalue weighted by Crippen LogP contribution is 2.24. The Bertz CT molecular complexity index is 526. The van der Waals surface area contributed by atoms with Crippen LogP contribution in [0.5, 0.6) is 0 Å². The van der Waals surface area contributed by atoms with Gasteiger partial charge in [-0.2, -0.15) is 0 Å². The monoisotopic (exact) mass is 231 g/mol. The topological polar surface area (TPSA) is 37.8 Å². The molecule has 1 aromatic heterocycles. The van der Waals surface area contributed by atoms with Crippen LogP contribution in [0.25, 0.3) is 11.3 Å². The minimum absolute atomic E-state index is 0.259. The van der Waals surface area contributed by atoms with Crippen molar-refractivity contribution < 1.29 is 4.39 Å². The molecule has 0 aliphatic rings. The van der Waals surface area contributed by atoms with E-state index in [-0.39, 0.29) is 5.82 Å². The molecule has 1 N–H and O–H groups in total. The zero-order valence-electron chi connectivity index (χ0n) is 9.87. The standard InChI is InChI=1S/C13H14FN3/c1-3-15-13-9(2)12(16-8-17-13)10-5-4-6-11(14)7-10/h4-8H,3H2,1-2H3,(H,15,16,17). The molecule has 0 bridgehead atoms. The highest BCUT2D eigenvalue weighted by Gasteiger charge is 2.08. The summed E-state index contributed by atoms with van der Waals surface area (Å²) in [6, 6.07) is 6.42. The highest BCUT2D eigenvalue weighted by molar-refractivity contribution is 5.67. The average molecular weight is 231 g/mol. The van der Waals surface area contributed by atoms with Crippen LogP contribution in [0.15, 0.2) is 30.6 Å². The number of halogens is 1. The normalized spacial score (nSPS) is 10.3. The first kappa shape index (κ1) is 11.5. The van der Waals surface area contributed by atoms with Gasteiger partial charge in [0.2, 0.25) is 0 Å². The van der Waals surface area contributed by atoms with Gasteiger partial charge in [-0.15, -0.1) is 0 Å². The van der Waals surface area contributed by atoms with Crippen molar-refractivity contribution >= 4 is 5.82 Å². The van der Waals surface area contributed by atoms with E-state index in [0.29, 0.717) is 0 Å². The van der Waals surface area contributed by atoms with Crippen molar-refractivity contribution in [2.75, 3.05) is 11.9 Å². The van der Waals surface area contributed by atoms with Crippen LogP contribution in [0.2, 0.25) is 0 Å². The Morgan fingerprint density at radius 2 is 2.12 bits per heavy atom. The third-order valence-electron chi connectivity index (χ3n) is 2.53. The van der Waals surface area contributed by atoms with Gasteiger partial charge in [-0.05, 0) is 26.0 Å². The molecule has 0 aliphatic carbocycles. The van der Waals surface area contributed by atoms with Crippen LogP contribution >= 0.6 is 0 Å². The van der Waals surface area contributed by atoms with Crippen molar-refractivity contribution in [1.82, 2.24) is 9.97 Å². The second kappa shape index (κ2) is 4.91. The molecule has 0 fully saturated rings. The summed E-state index contributed by atoms with van der Waals surface area (Å²) in [5.41, 5.74) is 2.46. The Morgan fingerprint density at radius 1 is 1.29 bits per heavy atom. The number of anilines is 1. The van der Waals surface area contributed by atoms with Gasteiger partial charge in [-0.25, -0.2) is 14.4 Å². The van der Waals surface area contributed by atoms with Crippen LogP contribution in [-0.2, 0) is 0 Å². The first-order chi connectivity index (χ1) is 8.22. The zero-order valence-corrected chi connectivity index (χ0v) is 9.87. The largest absolute Gasteiger partial charge is 0.370 e. The zero-order chi connectivity index (χ0) is 12.3. The van der Waals surface area contributed by atoms with Crippen LogP contribution < -0.4 is 5.32 Å².